The molecule has 4 nitrogen and oxygen atoms in total. The zero-order valence-electron chi connectivity index (χ0n) is 13.2. The standard InChI is InChI=1S/C18H14BrClN2O2S/c1-11(24-15-4-2-3-14(20)9-15)17(23)22-18-21-16(10-25-18)12-5-7-13(19)8-6-12/h2-11H,1H3,(H,21,22,23)/t11-/m1/s1. The summed E-state index contributed by atoms with van der Waals surface area (Å²) in [6, 6.07) is 14.8. The van der Waals surface area contributed by atoms with Crippen molar-refractivity contribution in [1.29, 1.82) is 0 Å². The van der Waals surface area contributed by atoms with E-state index in [1.807, 2.05) is 29.6 Å². The number of thiazole rings is 1. The minimum Gasteiger partial charge on any atom is -0.481 e. The lowest BCUT2D eigenvalue weighted by molar-refractivity contribution is -0.122. The maximum Gasteiger partial charge on any atom is 0.266 e. The number of hydrogen-bond acceptors (Lipinski definition) is 4. The van der Waals surface area contributed by atoms with Gasteiger partial charge < -0.3 is 4.74 Å². The van der Waals surface area contributed by atoms with Crippen molar-refractivity contribution in [3.8, 4) is 17.0 Å². The number of halogens is 2. The largest absolute Gasteiger partial charge is 0.481 e. The van der Waals surface area contributed by atoms with Gasteiger partial charge in [0.1, 0.15) is 5.75 Å². The van der Waals surface area contributed by atoms with Crippen molar-refractivity contribution in [3.63, 3.8) is 0 Å². The Kier molecular flexibility index (Phi) is 5.73. The van der Waals surface area contributed by atoms with E-state index >= 15 is 0 Å². The topological polar surface area (TPSA) is 51.2 Å². The molecular weight excluding hydrogens is 424 g/mol. The Morgan fingerprint density at radius 2 is 2.04 bits per heavy atom. The molecule has 1 N–H and O–H groups in total. The summed E-state index contributed by atoms with van der Waals surface area (Å²) >= 11 is 10.7. The van der Waals surface area contributed by atoms with Gasteiger partial charge in [0.15, 0.2) is 11.2 Å². The number of aromatic nitrogens is 1. The normalized spacial score (nSPS) is 11.8. The highest BCUT2D eigenvalue weighted by molar-refractivity contribution is 9.10. The summed E-state index contributed by atoms with van der Waals surface area (Å²) in [5.74, 6) is 0.279. The number of anilines is 1. The van der Waals surface area contributed by atoms with E-state index in [9.17, 15) is 4.79 Å². The average molecular weight is 438 g/mol. The molecule has 7 heteroatoms. The van der Waals surface area contributed by atoms with Crippen LogP contribution in [0.1, 0.15) is 6.92 Å². The third-order valence-electron chi connectivity index (χ3n) is 3.35. The Bertz CT molecular complexity index is 883. The molecule has 0 unspecified atom stereocenters. The summed E-state index contributed by atoms with van der Waals surface area (Å²) in [7, 11) is 0. The molecule has 0 saturated heterocycles. The van der Waals surface area contributed by atoms with Crippen LogP contribution in [0.5, 0.6) is 5.75 Å². The molecule has 25 heavy (non-hydrogen) atoms. The second kappa shape index (κ2) is 7.99. The molecule has 128 valence electrons. The lowest BCUT2D eigenvalue weighted by atomic mass is 10.2. The van der Waals surface area contributed by atoms with Gasteiger partial charge in [-0.1, -0.05) is 45.7 Å². The number of rotatable bonds is 5. The highest BCUT2D eigenvalue weighted by atomic mass is 79.9. The number of carbonyl (C=O) groups excluding carboxylic acids is 1. The van der Waals surface area contributed by atoms with Crippen molar-refractivity contribution < 1.29 is 9.53 Å². The van der Waals surface area contributed by atoms with Crippen LogP contribution in [0.15, 0.2) is 58.4 Å². The van der Waals surface area contributed by atoms with Crippen LogP contribution in [0.25, 0.3) is 11.3 Å². The monoisotopic (exact) mass is 436 g/mol. The summed E-state index contributed by atoms with van der Waals surface area (Å²) in [5.41, 5.74) is 1.80. The molecule has 0 spiro atoms. The molecule has 0 aliphatic carbocycles. The first-order valence-electron chi connectivity index (χ1n) is 7.46. The first-order chi connectivity index (χ1) is 12.0. The minimum absolute atomic E-state index is 0.267. The summed E-state index contributed by atoms with van der Waals surface area (Å²) in [4.78, 5) is 16.7. The van der Waals surface area contributed by atoms with Crippen LogP contribution in [0.4, 0.5) is 5.13 Å². The quantitative estimate of drug-likeness (QED) is 0.562. The molecule has 0 saturated carbocycles. The van der Waals surface area contributed by atoms with Crippen molar-refractivity contribution in [2.75, 3.05) is 5.32 Å². The number of nitrogens with one attached hydrogen (secondary N) is 1. The van der Waals surface area contributed by atoms with Crippen molar-refractivity contribution >= 4 is 49.9 Å². The molecule has 0 fully saturated rings. The van der Waals surface area contributed by atoms with E-state index in [0.29, 0.717) is 15.9 Å². The summed E-state index contributed by atoms with van der Waals surface area (Å²) in [5, 5.41) is 5.77. The number of carbonyl (C=O) groups is 1. The molecule has 1 aromatic heterocycles. The molecule has 1 heterocycles. The minimum atomic E-state index is -0.668. The lowest BCUT2D eigenvalue weighted by Gasteiger charge is -2.13. The van der Waals surface area contributed by atoms with Gasteiger partial charge in [-0.05, 0) is 37.3 Å². The Labute approximate surface area is 162 Å². The summed E-state index contributed by atoms with van der Waals surface area (Å²) in [6.07, 6.45) is -0.668. The van der Waals surface area contributed by atoms with Crippen LogP contribution in [0, 0.1) is 0 Å². The van der Waals surface area contributed by atoms with Gasteiger partial charge in [0.2, 0.25) is 0 Å². The fraction of sp³-hybridized carbons (Fsp3) is 0.111. The van der Waals surface area contributed by atoms with E-state index in [0.717, 1.165) is 15.7 Å². The Morgan fingerprint density at radius 1 is 1.28 bits per heavy atom. The number of hydrogen-bond donors (Lipinski definition) is 1. The van der Waals surface area contributed by atoms with E-state index < -0.39 is 6.10 Å². The van der Waals surface area contributed by atoms with Gasteiger partial charge in [-0.2, -0.15) is 0 Å². The predicted octanol–water partition coefficient (Wildman–Crippen LogP) is 5.63. The van der Waals surface area contributed by atoms with Crippen LogP contribution in [-0.2, 0) is 4.79 Å². The average Bonchev–Trinajstić information content (AvgIpc) is 3.04. The van der Waals surface area contributed by atoms with Crippen LogP contribution >= 0.6 is 38.9 Å². The number of benzene rings is 2. The molecule has 2 aromatic carbocycles. The van der Waals surface area contributed by atoms with Crippen LogP contribution < -0.4 is 10.1 Å². The van der Waals surface area contributed by atoms with Crippen LogP contribution in [-0.4, -0.2) is 17.0 Å². The van der Waals surface area contributed by atoms with E-state index in [1.165, 1.54) is 11.3 Å². The Balaban J connectivity index is 1.64. The Hall–Kier alpha value is -1.89. The summed E-state index contributed by atoms with van der Waals surface area (Å²) < 4.78 is 6.62. The Morgan fingerprint density at radius 3 is 2.76 bits per heavy atom. The third-order valence-corrected chi connectivity index (χ3v) is 4.87. The molecular formula is C18H14BrClN2O2S. The molecule has 3 rings (SSSR count). The maximum atomic E-state index is 12.3. The van der Waals surface area contributed by atoms with Crippen LogP contribution in [0.3, 0.4) is 0 Å². The fourth-order valence-corrected chi connectivity index (χ4v) is 3.26. The highest BCUT2D eigenvalue weighted by Gasteiger charge is 2.17. The van der Waals surface area contributed by atoms with Gasteiger partial charge in [0.25, 0.3) is 5.91 Å². The van der Waals surface area contributed by atoms with Crippen molar-refractivity contribution in [1.82, 2.24) is 4.98 Å². The molecule has 1 atom stereocenters. The second-order valence-electron chi connectivity index (χ2n) is 5.25. The van der Waals surface area contributed by atoms with Gasteiger partial charge in [-0.15, -0.1) is 11.3 Å². The van der Waals surface area contributed by atoms with Gasteiger partial charge in [0.05, 0.1) is 5.69 Å². The van der Waals surface area contributed by atoms with Crippen molar-refractivity contribution in [2.24, 2.45) is 0 Å². The van der Waals surface area contributed by atoms with Crippen molar-refractivity contribution in [3.05, 3.63) is 63.4 Å². The number of nitrogens with zero attached hydrogens (tertiary/aromatic N) is 1. The van der Waals surface area contributed by atoms with Gasteiger partial charge >= 0.3 is 0 Å². The van der Waals surface area contributed by atoms with Crippen molar-refractivity contribution in [2.45, 2.75) is 13.0 Å². The second-order valence-corrected chi connectivity index (χ2v) is 7.46. The van der Waals surface area contributed by atoms with E-state index in [4.69, 9.17) is 16.3 Å². The smallest absolute Gasteiger partial charge is 0.266 e. The fourth-order valence-electron chi connectivity index (χ4n) is 2.09. The third kappa shape index (κ3) is 4.81. The zero-order chi connectivity index (χ0) is 17.8. The molecule has 1 amide bonds. The zero-order valence-corrected chi connectivity index (χ0v) is 16.4. The van der Waals surface area contributed by atoms with Gasteiger partial charge in [-0.25, -0.2) is 4.98 Å². The molecule has 0 aliphatic heterocycles. The number of amides is 1. The molecule has 3 aromatic rings. The highest BCUT2D eigenvalue weighted by Crippen LogP contribution is 2.26. The number of ether oxygens (including phenoxy) is 1. The first-order valence-corrected chi connectivity index (χ1v) is 9.51. The van der Waals surface area contributed by atoms with Gasteiger partial charge in [0, 0.05) is 20.4 Å². The van der Waals surface area contributed by atoms with E-state index in [1.54, 1.807) is 31.2 Å². The van der Waals surface area contributed by atoms with E-state index in [-0.39, 0.29) is 5.91 Å². The van der Waals surface area contributed by atoms with Crippen LogP contribution in [0.2, 0.25) is 5.02 Å². The van der Waals surface area contributed by atoms with Gasteiger partial charge in [-0.3, -0.25) is 10.1 Å². The SMILES string of the molecule is C[C@@H](Oc1cccc(Cl)c1)C(=O)Nc1nc(-c2ccc(Br)cc2)cs1. The predicted molar refractivity (Wildman–Crippen MR) is 105 cm³/mol. The van der Waals surface area contributed by atoms with E-state index in [2.05, 4.69) is 26.2 Å². The molecule has 0 radical (unpaired) electrons. The molecule has 0 bridgehead atoms. The first kappa shape index (κ1) is 17.9. The summed E-state index contributed by atoms with van der Waals surface area (Å²) in [6.45, 7) is 1.68. The molecule has 0 aliphatic rings. The lowest BCUT2D eigenvalue weighted by Crippen LogP contribution is -2.30. The maximum absolute atomic E-state index is 12.3.